The average Bonchev–Trinajstić information content (AvgIpc) is 2.27. The van der Waals surface area contributed by atoms with Crippen molar-refractivity contribution in [1.82, 2.24) is 0 Å². The van der Waals surface area contributed by atoms with Gasteiger partial charge in [-0.2, -0.15) is 0 Å². The van der Waals surface area contributed by atoms with Crippen molar-refractivity contribution in [2.45, 2.75) is 58.5 Å². The van der Waals surface area contributed by atoms with Crippen molar-refractivity contribution in [3.63, 3.8) is 0 Å². The predicted octanol–water partition coefficient (Wildman–Crippen LogP) is 4.69. The SMILES string of the molecule is Cc1ccc2c(c1)OC1(C)CCC(C(C)C)C2C1. The molecule has 1 aromatic carbocycles. The maximum Gasteiger partial charge on any atom is 0.123 e. The lowest BCUT2D eigenvalue weighted by molar-refractivity contribution is -0.00769. The zero-order valence-corrected chi connectivity index (χ0v) is 12.0. The van der Waals surface area contributed by atoms with Crippen LogP contribution in [0.4, 0.5) is 0 Å². The topological polar surface area (TPSA) is 9.23 Å². The van der Waals surface area contributed by atoms with Crippen LogP contribution < -0.4 is 4.74 Å². The largest absolute Gasteiger partial charge is 0.487 e. The smallest absolute Gasteiger partial charge is 0.123 e. The van der Waals surface area contributed by atoms with Crippen molar-refractivity contribution in [2.24, 2.45) is 11.8 Å². The standard InChI is InChI=1S/C17H24O/c1-11(2)13-7-8-17(4)10-15(13)14-6-5-12(3)9-16(14)18-17/h5-6,9,11,13,15H,7-8,10H2,1-4H3. The van der Waals surface area contributed by atoms with Crippen LogP contribution in [-0.2, 0) is 0 Å². The first-order valence-corrected chi connectivity index (χ1v) is 7.28. The molecule has 2 bridgehead atoms. The minimum absolute atomic E-state index is 0.0802. The number of rotatable bonds is 1. The second-order valence-electron chi connectivity index (χ2n) is 6.85. The lowest BCUT2D eigenvalue weighted by atomic mass is 9.64. The maximum atomic E-state index is 6.30. The molecule has 1 aliphatic carbocycles. The minimum atomic E-state index is 0.0802. The van der Waals surface area contributed by atoms with Crippen LogP contribution in [0.3, 0.4) is 0 Å². The summed E-state index contributed by atoms with van der Waals surface area (Å²) in [7, 11) is 0. The predicted molar refractivity (Wildman–Crippen MR) is 75.1 cm³/mol. The molecule has 0 N–H and O–H groups in total. The molecule has 1 aromatic rings. The summed E-state index contributed by atoms with van der Waals surface area (Å²) in [5.41, 5.74) is 2.84. The van der Waals surface area contributed by atoms with Gasteiger partial charge in [-0.05, 0) is 68.1 Å². The molecule has 3 unspecified atom stereocenters. The van der Waals surface area contributed by atoms with E-state index in [-0.39, 0.29) is 5.60 Å². The summed E-state index contributed by atoms with van der Waals surface area (Å²) in [4.78, 5) is 0. The Balaban J connectivity index is 2.06. The highest BCUT2D eigenvalue weighted by Crippen LogP contribution is 2.53. The fourth-order valence-electron chi connectivity index (χ4n) is 3.92. The number of fused-ring (bicyclic) bond motifs is 4. The first-order chi connectivity index (χ1) is 8.48. The minimum Gasteiger partial charge on any atom is -0.487 e. The molecule has 1 saturated carbocycles. The van der Waals surface area contributed by atoms with Gasteiger partial charge in [0.1, 0.15) is 11.4 Å². The molecule has 1 aliphatic heterocycles. The van der Waals surface area contributed by atoms with Gasteiger partial charge in [0.2, 0.25) is 0 Å². The van der Waals surface area contributed by atoms with Gasteiger partial charge in [0.25, 0.3) is 0 Å². The van der Waals surface area contributed by atoms with Crippen molar-refractivity contribution in [2.75, 3.05) is 0 Å². The molecule has 0 radical (unpaired) electrons. The Labute approximate surface area is 111 Å². The Morgan fingerprint density at radius 2 is 2.11 bits per heavy atom. The van der Waals surface area contributed by atoms with E-state index in [1.165, 1.54) is 30.4 Å². The van der Waals surface area contributed by atoms with E-state index in [1.807, 2.05) is 0 Å². The Morgan fingerprint density at radius 3 is 2.83 bits per heavy atom. The van der Waals surface area contributed by atoms with E-state index in [0.29, 0.717) is 5.92 Å². The summed E-state index contributed by atoms with van der Waals surface area (Å²) in [5.74, 6) is 3.45. The quantitative estimate of drug-likeness (QED) is 0.696. The molecule has 1 fully saturated rings. The van der Waals surface area contributed by atoms with Gasteiger partial charge >= 0.3 is 0 Å². The highest BCUT2D eigenvalue weighted by molar-refractivity contribution is 5.43. The molecule has 0 amide bonds. The third-order valence-electron chi connectivity index (χ3n) is 4.96. The van der Waals surface area contributed by atoms with Crippen molar-refractivity contribution in [3.8, 4) is 5.75 Å². The number of benzene rings is 1. The van der Waals surface area contributed by atoms with Crippen LogP contribution in [0.2, 0.25) is 0 Å². The van der Waals surface area contributed by atoms with Crippen LogP contribution in [0.25, 0.3) is 0 Å². The second kappa shape index (κ2) is 4.01. The molecule has 3 rings (SSSR count). The Kier molecular flexibility index (Phi) is 2.69. The summed E-state index contributed by atoms with van der Waals surface area (Å²) in [6, 6.07) is 6.76. The first-order valence-electron chi connectivity index (χ1n) is 7.28. The van der Waals surface area contributed by atoms with Crippen molar-refractivity contribution in [3.05, 3.63) is 29.3 Å². The van der Waals surface area contributed by atoms with E-state index < -0.39 is 0 Å². The second-order valence-corrected chi connectivity index (χ2v) is 6.85. The van der Waals surface area contributed by atoms with E-state index >= 15 is 0 Å². The Morgan fingerprint density at radius 1 is 1.33 bits per heavy atom. The summed E-state index contributed by atoms with van der Waals surface area (Å²) >= 11 is 0. The van der Waals surface area contributed by atoms with Gasteiger partial charge < -0.3 is 4.74 Å². The summed E-state index contributed by atoms with van der Waals surface area (Å²) in [6.07, 6.45) is 3.72. The Hall–Kier alpha value is -0.980. The fraction of sp³-hybridized carbons (Fsp3) is 0.647. The van der Waals surface area contributed by atoms with Gasteiger partial charge in [0.15, 0.2) is 0 Å². The zero-order chi connectivity index (χ0) is 12.9. The van der Waals surface area contributed by atoms with Gasteiger partial charge in [0, 0.05) is 0 Å². The third kappa shape index (κ3) is 1.84. The molecule has 1 heteroatoms. The molecule has 2 aliphatic rings. The third-order valence-corrected chi connectivity index (χ3v) is 4.96. The van der Waals surface area contributed by atoms with Crippen LogP contribution in [0.15, 0.2) is 18.2 Å². The molecule has 0 spiro atoms. The Bertz CT molecular complexity index is 463. The van der Waals surface area contributed by atoms with Crippen LogP contribution >= 0.6 is 0 Å². The molecule has 98 valence electrons. The van der Waals surface area contributed by atoms with Crippen LogP contribution in [-0.4, -0.2) is 5.60 Å². The lowest BCUT2D eigenvalue weighted by Crippen LogP contribution is -2.45. The van der Waals surface area contributed by atoms with Gasteiger partial charge in [-0.3, -0.25) is 0 Å². The molecule has 0 saturated heterocycles. The number of hydrogen-bond donors (Lipinski definition) is 0. The highest BCUT2D eigenvalue weighted by Gasteiger charge is 2.45. The molecule has 3 atom stereocenters. The van der Waals surface area contributed by atoms with E-state index in [4.69, 9.17) is 4.74 Å². The van der Waals surface area contributed by atoms with E-state index in [2.05, 4.69) is 45.9 Å². The molecule has 1 nitrogen and oxygen atoms in total. The molecular formula is C17H24O. The van der Waals surface area contributed by atoms with Crippen molar-refractivity contribution >= 4 is 0 Å². The number of ether oxygens (including phenoxy) is 1. The number of aryl methyl sites for hydroxylation is 1. The lowest BCUT2D eigenvalue weighted by Gasteiger charge is -2.49. The summed E-state index contributed by atoms with van der Waals surface area (Å²) < 4.78 is 6.30. The molecular weight excluding hydrogens is 220 g/mol. The fourth-order valence-corrected chi connectivity index (χ4v) is 3.92. The van der Waals surface area contributed by atoms with Crippen LogP contribution in [0.1, 0.15) is 57.1 Å². The van der Waals surface area contributed by atoms with E-state index in [0.717, 1.165) is 17.6 Å². The zero-order valence-electron chi connectivity index (χ0n) is 12.0. The van der Waals surface area contributed by atoms with Gasteiger partial charge in [-0.25, -0.2) is 0 Å². The van der Waals surface area contributed by atoms with Gasteiger partial charge in [-0.1, -0.05) is 26.0 Å². The summed E-state index contributed by atoms with van der Waals surface area (Å²) in [6.45, 7) is 9.19. The van der Waals surface area contributed by atoms with E-state index in [9.17, 15) is 0 Å². The van der Waals surface area contributed by atoms with Crippen molar-refractivity contribution < 1.29 is 4.74 Å². The van der Waals surface area contributed by atoms with Crippen LogP contribution in [0, 0.1) is 18.8 Å². The summed E-state index contributed by atoms with van der Waals surface area (Å²) in [5, 5.41) is 0. The first kappa shape index (κ1) is 12.1. The van der Waals surface area contributed by atoms with Crippen LogP contribution in [0.5, 0.6) is 5.75 Å². The average molecular weight is 244 g/mol. The monoisotopic (exact) mass is 244 g/mol. The normalized spacial score (nSPS) is 34.1. The van der Waals surface area contributed by atoms with E-state index in [1.54, 1.807) is 0 Å². The van der Waals surface area contributed by atoms with Gasteiger partial charge in [-0.15, -0.1) is 0 Å². The maximum absolute atomic E-state index is 6.30. The molecule has 18 heavy (non-hydrogen) atoms. The molecule has 0 aromatic heterocycles. The number of hydrogen-bond acceptors (Lipinski definition) is 1. The molecule has 1 heterocycles. The van der Waals surface area contributed by atoms with Gasteiger partial charge in [0.05, 0.1) is 0 Å². The highest BCUT2D eigenvalue weighted by atomic mass is 16.5. The van der Waals surface area contributed by atoms with Crippen molar-refractivity contribution in [1.29, 1.82) is 0 Å².